The molecule has 2 atom stereocenters. The van der Waals surface area contributed by atoms with Gasteiger partial charge in [0.25, 0.3) is 0 Å². The molecule has 2 N–H and O–H groups in total. The molecule has 0 spiro atoms. The summed E-state index contributed by atoms with van der Waals surface area (Å²) in [5.74, 6) is 0.483. The minimum absolute atomic E-state index is 0. The summed E-state index contributed by atoms with van der Waals surface area (Å²) in [6, 6.07) is 29.4. The maximum Gasteiger partial charge on any atom is 0.0536 e. The first-order chi connectivity index (χ1) is 18.8. The molecule has 0 aliphatic heterocycles. The molecule has 1 radical (unpaired) electrons. The largest absolute Gasteiger partial charge is 0.393 e. The molecule has 35 heavy (non-hydrogen) atoms. The molecule has 4 heteroatoms. The number of benzene rings is 4. The Hall–Kier alpha value is -2.62. The smallest absolute Gasteiger partial charge is 0.0536 e. The molecule has 1 aromatic heterocycles. The number of aromatic nitrogens is 1. The fourth-order valence-corrected chi connectivity index (χ4v) is 4.16. The van der Waals surface area contributed by atoms with Crippen LogP contribution >= 0.6 is 0 Å². The van der Waals surface area contributed by atoms with Gasteiger partial charge in [-0.15, -0.1) is 23.8 Å². The number of nitrogens with zero attached hydrogens (tertiary/aromatic N) is 1. The van der Waals surface area contributed by atoms with E-state index in [0.29, 0.717) is 5.92 Å². The second-order valence-corrected chi connectivity index (χ2v) is 8.66. The first-order valence-corrected chi connectivity index (χ1v) is 11.3. The van der Waals surface area contributed by atoms with Gasteiger partial charge in [-0.2, -0.15) is 0 Å². The zero-order valence-corrected chi connectivity index (χ0v) is 22.0. The van der Waals surface area contributed by atoms with Gasteiger partial charge in [0, 0.05) is 34.5 Å². The summed E-state index contributed by atoms with van der Waals surface area (Å²) >= 11 is 0. The minimum atomic E-state index is -2.65. The van der Waals surface area contributed by atoms with Crippen LogP contribution in [0.25, 0.3) is 43.6 Å². The zero-order valence-electron chi connectivity index (χ0n) is 25.6. The number of hydrogen-bond donors (Lipinski definition) is 2. The van der Waals surface area contributed by atoms with E-state index >= 15 is 0 Å². The van der Waals surface area contributed by atoms with Crippen molar-refractivity contribution in [3.05, 3.63) is 90.6 Å². The van der Waals surface area contributed by atoms with Gasteiger partial charge in [0.05, 0.1) is 12.2 Å². The Morgan fingerprint density at radius 3 is 1.89 bits per heavy atom. The molecular weight excluding hydrogens is 611 g/mol. The second-order valence-electron chi connectivity index (χ2n) is 8.66. The average molecular weight is 649 g/mol. The van der Waals surface area contributed by atoms with Crippen molar-refractivity contribution in [2.24, 2.45) is 0 Å². The van der Waals surface area contributed by atoms with E-state index in [2.05, 4.69) is 97.7 Å². The van der Waals surface area contributed by atoms with Crippen molar-refractivity contribution in [1.29, 1.82) is 0 Å². The maximum absolute atomic E-state index is 8.95. The van der Waals surface area contributed by atoms with Gasteiger partial charge in [-0.3, -0.25) is 0 Å². The number of fused-ring (bicyclic) bond motifs is 6. The minimum Gasteiger partial charge on any atom is -0.393 e. The van der Waals surface area contributed by atoms with Gasteiger partial charge in [0.2, 0.25) is 0 Å². The van der Waals surface area contributed by atoms with E-state index in [9.17, 15) is 0 Å². The molecule has 183 valence electrons. The molecule has 0 bridgehead atoms. The van der Waals surface area contributed by atoms with Gasteiger partial charge < -0.3 is 15.2 Å². The van der Waals surface area contributed by atoms with Gasteiger partial charge in [-0.25, -0.2) is 0 Å². The van der Waals surface area contributed by atoms with Crippen molar-refractivity contribution in [3.8, 4) is 11.3 Å². The Bertz CT molecular complexity index is 1580. The number of aliphatic hydroxyl groups is 2. The predicted molar refractivity (Wildman–Crippen MR) is 143 cm³/mol. The summed E-state index contributed by atoms with van der Waals surface area (Å²) in [4.78, 5) is 4.61. The third-order valence-corrected chi connectivity index (χ3v) is 5.85. The first kappa shape index (κ1) is 19.6. The second kappa shape index (κ2) is 11.9. The molecule has 0 fully saturated rings. The molecule has 3 nitrogen and oxygen atoms in total. The fourth-order valence-electron chi connectivity index (χ4n) is 4.16. The van der Waals surface area contributed by atoms with E-state index in [1.54, 1.807) is 0 Å². The number of pyridine rings is 1. The SMILES string of the molecule is CC(C)c1ccnc(-c2[c-]cc3c4ccccc4c4ccccc4c3c2)c1.[2H]C([2H])([2H])C(O)CC(O)C([2H])([2H])[2H].[Ir]. The monoisotopic (exact) mass is 649 g/mol. The van der Waals surface area contributed by atoms with Crippen molar-refractivity contribution in [2.75, 3.05) is 0 Å². The summed E-state index contributed by atoms with van der Waals surface area (Å²) in [5.41, 5.74) is 3.34. The quantitative estimate of drug-likeness (QED) is 0.159. The Morgan fingerprint density at radius 1 is 0.800 bits per heavy atom. The van der Waals surface area contributed by atoms with E-state index in [0.717, 1.165) is 11.3 Å². The number of aliphatic hydroxyl groups excluding tert-OH is 2. The van der Waals surface area contributed by atoms with Crippen LogP contribution in [0.4, 0.5) is 0 Å². The van der Waals surface area contributed by atoms with Gasteiger partial charge in [-0.1, -0.05) is 90.2 Å². The van der Waals surface area contributed by atoms with Crippen LogP contribution in [0.1, 0.15) is 53.7 Å². The number of rotatable bonds is 4. The molecule has 0 aliphatic carbocycles. The summed E-state index contributed by atoms with van der Waals surface area (Å²) in [6.07, 6.45) is -2.38. The topological polar surface area (TPSA) is 53.4 Å². The Morgan fingerprint density at radius 2 is 1.34 bits per heavy atom. The van der Waals surface area contributed by atoms with Crippen LogP contribution in [0.5, 0.6) is 0 Å². The predicted octanol–water partition coefficient (Wildman–Crippen LogP) is 7.27. The van der Waals surface area contributed by atoms with Crippen LogP contribution in [0, 0.1) is 6.07 Å². The van der Waals surface area contributed by atoms with Crippen LogP contribution < -0.4 is 0 Å². The summed E-state index contributed by atoms with van der Waals surface area (Å²) < 4.78 is 40.3. The molecule has 1 heterocycles. The van der Waals surface area contributed by atoms with Crippen LogP contribution in [-0.4, -0.2) is 27.4 Å². The summed E-state index contributed by atoms with van der Waals surface area (Å²) in [7, 11) is 0. The van der Waals surface area contributed by atoms with Crippen molar-refractivity contribution in [2.45, 2.75) is 52.1 Å². The van der Waals surface area contributed by atoms with Crippen molar-refractivity contribution < 1.29 is 38.5 Å². The van der Waals surface area contributed by atoms with Crippen molar-refractivity contribution in [1.82, 2.24) is 4.98 Å². The molecule has 0 saturated carbocycles. The Balaban J connectivity index is 0.000000284. The average Bonchev–Trinajstić information content (AvgIpc) is 2.92. The standard InChI is InChI=1S/C26H20N.C5H12O2.Ir/c1-17(2)18-13-14-27-26(16-18)19-11-12-24-22-9-4-3-7-20(22)21-8-5-6-10-23(21)25(24)15-19;1-4(6)3-5(2)7;/h3-10,12-17H,1-2H3;4-7H,3H2,1-2H3;/q-1;;/i;1D3,2D3;. The zero-order chi connectivity index (χ0) is 29.2. The molecule has 0 aliphatic rings. The van der Waals surface area contributed by atoms with Gasteiger partial charge in [0.1, 0.15) is 0 Å². The molecule has 2 unspecified atom stereocenters. The van der Waals surface area contributed by atoms with Crippen LogP contribution in [-0.2, 0) is 20.1 Å². The third kappa shape index (κ3) is 6.15. The normalized spacial score (nSPS) is 16.0. The Kier molecular flexibility index (Phi) is 6.64. The summed E-state index contributed by atoms with van der Waals surface area (Å²) in [6.45, 7) is -0.871. The summed E-state index contributed by atoms with van der Waals surface area (Å²) in [5, 5.41) is 25.5. The third-order valence-electron chi connectivity index (χ3n) is 5.85. The maximum atomic E-state index is 8.95. The fraction of sp³-hybridized carbons (Fsp3) is 0.258. The van der Waals surface area contributed by atoms with E-state index < -0.39 is 32.3 Å². The van der Waals surface area contributed by atoms with E-state index in [4.69, 9.17) is 18.4 Å². The Labute approximate surface area is 229 Å². The van der Waals surface area contributed by atoms with E-state index in [-0.39, 0.29) is 20.1 Å². The van der Waals surface area contributed by atoms with E-state index in [1.807, 2.05) is 6.20 Å². The van der Waals surface area contributed by atoms with Crippen molar-refractivity contribution in [3.63, 3.8) is 0 Å². The van der Waals surface area contributed by atoms with Crippen LogP contribution in [0.15, 0.2) is 79.0 Å². The molecule has 0 saturated heterocycles. The molecular formula is C31H32IrNO2-. The van der Waals surface area contributed by atoms with Crippen LogP contribution in [0.3, 0.4) is 0 Å². The first-order valence-electron chi connectivity index (χ1n) is 14.3. The van der Waals surface area contributed by atoms with Gasteiger partial charge in [0.15, 0.2) is 0 Å². The van der Waals surface area contributed by atoms with Crippen LogP contribution in [0.2, 0.25) is 0 Å². The molecule has 4 aromatic carbocycles. The van der Waals surface area contributed by atoms with Gasteiger partial charge in [-0.05, 0) is 54.0 Å². The number of hydrogen-bond acceptors (Lipinski definition) is 3. The molecule has 5 aromatic rings. The molecule has 0 amide bonds. The molecule has 5 rings (SSSR count). The van der Waals surface area contributed by atoms with Crippen molar-refractivity contribution >= 4 is 32.3 Å². The van der Waals surface area contributed by atoms with Gasteiger partial charge >= 0.3 is 0 Å². The van der Waals surface area contributed by atoms with E-state index in [1.165, 1.54) is 37.9 Å².